The molecule has 1 saturated heterocycles. The van der Waals surface area contributed by atoms with E-state index in [2.05, 4.69) is 20.8 Å². The van der Waals surface area contributed by atoms with Crippen molar-refractivity contribution in [1.29, 1.82) is 0 Å². The molecule has 0 N–H and O–H groups in total. The van der Waals surface area contributed by atoms with Crippen molar-refractivity contribution in [3.05, 3.63) is 24.2 Å². The van der Waals surface area contributed by atoms with Crippen molar-refractivity contribution in [3.8, 4) is 0 Å². The van der Waals surface area contributed by atoms with Crippen molar-refractivity contribution in [2.45, 2.75) is 56.3 Å². The summed E-state index contributed by atoms with van der Waals surface area (Å²) in [5.41, 5.74) is -0.428. The normalized spacial score (nSPS) is 36.4. The van der Waals surface area contributed by atoms with E-state index in [0.29, 0.717) is 17.6 Å². The van der Waals surface area contributed by atoms with Crippen molar-refractivity contribution in [2.24, 2.45) is 11.8 Å². The fraction of sp³-hybridized carbons (Fsp3) is 0.688. The van der Waals surface area contributed by atoms with E-state index < -0.39 is 5.44 Å². The van der Waals surface area contributed by atoms with Gasteiger partial charge in [-0.3, -0.25) is 4.79 Å². The summed E-state index contributed by atoms with van der Waals surface area (Å²) in [4.78, 5) is 12.5. The van der Waals surface area contributed by atoms with Crippen LogP contribution in [-0.2, 0) is 4.74 Å². The highest BCUT2D eigenvalue weighted by Gasteiger charge is 2.48. The third-order valence-corrected chi connectivity index (χ3v) is 6.08. The van der Waals surface area contributed by atoms with Gasteiger partial charge in [0.2, 0.25) is 5.78 Å². The number of thioether (sulfide) groups is 1. The van der Waals surface area contributed by atoms with E-state index in [4.69, 9.17) is 9.15 Å². The average molecular weight is 294 g/mol. The summed E-state index contributed by atoms with van der Waals surface area (Å²) < 4.78 is 11.4. The smallest absolute Gasteiger partial charge is 0.236 e. The van der Waals surface area contributed by atoms with E-state index in [9.17, 15) is 4.79 Å². The van der Waals surface area contributed by atoms with Gasteiger partial charge in [0.1, 0.15) is 0 Å². The van der Waals surface area contributed by atoms with Crippen LogP contribution >= 0.6 is 11.8 Å². The van der Waals surface area contributed by atoms with E-state index in [0.717, 1.165) is 6.42 Å². The molecule has 1 aliphatic heterocycles. The Hall–Kier alpha value is -0.740. The van der Waals surface area contributed by atoms with Crippen LogP contribution in [0.15, 0.2) is 22.8 Å². The first-order valence-corrected chi connectivity index (χ1v) is 8.26. The molecule has 0 unspecified atom stereocenters. The van der Waals surface area contributed by atoms with E-state index in [1.54, 1.807) is 23.9 Å². The summed E-state index contributed by atoms with van der Waals surface area (Å²) in [5, 5.41) is 0. The van der Waals surface area contributed by atoms with Crippen LogP contribution < -0.4 is 0 Å². The highest BCUT2D eigenvalue weighted by Crippen LogP contribution is 2.50. The molecule has 2 heterocycles. The Kier molecular flexibility index (Phi) is 3.71. The molecule has 1 aliphatic carbocycles. The van der Waals surface area contributed by atoms with Crippen molar-refractivity contribution < 1.29 is 13.9 Å². The molecule has 4 heteroatoms. The Morgan fingerprint density at radius 3 is 2.90 bits per heavy atom. The molecule has 2 fully saturated rings. The number of carbonyl (C=O) groups is 1. The van der Waals surface area contributed by atoms with E-state index in [-0.39, 0.29) is 16.6 Å². The minimum absolute atomic E-state index is 0.0373. The lowest BCUT2D eigenvalue weighted by Crippen LogP contribution is -2.50. The number of rotatable bonds is 2. The Labute approximate surface area is 124 Å². The molecular formula is C16H22O3S. The Bertz CT molecular complexity index is 480. The molecule has 0 amide bonds. The molecule has 0 aromatic carbocycles. The van der Waals surface area contributed by atoms with Crippen LogP contribution in [0.2, 0.25) is 0 Å². The number of ether oxygens (including phenoxy) is 1. The molecule has 0 bridgehead atoms. The van der Waals surface area contributed by atoms with E-state index >= 15 is 0 Å². The molecule has 20 heavy (non-hydrogen) atoms. The fourth-order valence-corrected chi connectivity index (χ4v) is 4.89. The molecule has 110 valence electrons. The Morgan fingerprint density at radius 1 is 1.40 bits per heavy atom. The van der Waals surface area contributed by atoms with Crippen molar-refractivity contribution >= 4 is 17.5 Å². The summed E-state index contributed by atoms with van der Waals surface area (Å²) in [7, 11) is 0. The largest absolute Gasteiger partial charge is 0.461 e. The zero-order chi connectivity index (χ0) is 14.3. The summed E-state index contributed by atoms with van der Waals surface area (Å²) in [5.74, 6) is 1.60. The number of fused-ring (bicyclic) bond motifs is 1. The van der Waals surface area contributed by atoms with Crippen molar-refractivity contribution in [2.75, 3.05) is 0 Å². The van der Waals surface area contributed by atoms with Gasteiger partial charge in [-0.2, -0.15) is 0 Å². The molecule has 2 aliphatic rings. The molecule has 1 saturated carbocycles. The van der Waals surface area contributed by atoms with Crippen LogP contribution in [0.3, 0.4) is 0 Å². The van der Waals surface area contributed by atoms with Crippen LogP contribution in [-0.4, -0.2) is 22.1 Å². The highest BCUT2D eigenvalue weighted by molar-refractivity contribution is 8.01. The predicted molar refractivity (Wildman–Crippen MR) is 79.9 cm³/mol. The monoisotopic (exact) mass is 294 g/mol. The van der Waals surface area contributed by atoms with E-state index in [1.807, 2.05) is 0 Å². The molecule has 1 aromatic heterocycles. The molecular weight excluding hydrogens is 272 g/mol. The van der Waals surface area contributed by atoms with Gasteiger partial charge >= 0.3 is 0 Å². The van der Waals surface area contributed by atoms with Crippen molar-refractivity contribution in [3.63, 3.8) is 0 Å². The second-order valence-corrected chi connectivity index (χ2v) is 8.31. The summed E-state index contributed by atoms with van der Waals surface area (Å²) in [6, 6.07) is 3.46. The van der Waals surface area contributed by atoms with Crippen LogP contribution in [0.4, 0.5) is 0 Å². The Morgan fingerprint density at radius 2 is 2.20 bits per heavy atom. The lowest BCUT2D eigenvalue weighted by atomic mass is 9.75. The highest BCUT2D eigenvalue weighted by atomic mass is 32.2. The van der Waals surface area contributed by atoms with Gasteiger partial charge in [-0.25, -0.2) is 0 Å². The zero-order valence-corrected chi connectivity index (χ0v) is 13.1. The van der Waals surface area contributed by atoms with Crippen LogP contribution in [0, 0.1) is 11.8 Å². The minimum atomic E-state index is -0.428. The molecule has 0 radical (unpaired) electrons. The fourth-order valence-electron chi connectivity index (χ4n) is 3.47. The topological polar surface area (TPSA) is 39.4 Å². The Balaban J connectivity index is 1.80. The van der Waals surface area contributed by atoms with Gasteiger partial charge in [-0.15, -0.1) is 11.8 Å². The second-order valence-electron chi connectivity index (χ2n) is 6.59. The third kappa shape index (κ3) is 2.56. The molecule has 1 aromatic rings. The number of ketones is 1. The molecule has 4 atom stereocenters. The van der Waals surface area contributed by atoms with E-state index in [1.165, 1.54) is 19.1 Å². The van der Waals surface area contributed by atoms with Crippen LogP contribution in [0.25, 0.3) is 0 Å². The van der Waals surface area contributed by atoms with Gasteiger partial charge in [0.25, 0.3) is 0 Å². The molecule has 3 nitrogen and oxygen atoms in total. The van der Waals surface area contributed by atoms with Gasteiger partial charge in [0.15, 0.2) is 11.2 Å². The summed E-state index contributed by atoms with van der Waals surface area (Å²) in [6.45, 7) is 6.77. The second kappa shape index (κ2) is 5.23. The van der Waals surface area contributed by atoms with Crippen LogP contribution in [0.1, 0.15) is 50.6 Å². The number of furan rings is 1. The number of carbonyl (C=O) groups excluding carboxylic acids is 1. The lowest BCUT2D eigenvalue weighted by molar-refractivity contribution is -0.0492. The van der Waals surface area contributed by atoms with Gasteiger partial charge in [0.05, 0.1) is 12.4 Å². The van der Waals surface area contributed by atoms with Crippen molar-refractivity contribution in [1.82, 2.24) is 0 Å². The standard InChI is InChI=1S/C16H22O3S/c1-10-6-7-11-13(9-10)19-15(20-16(11,2)3)14(17)12-5-4-8-18-12/h4-5,8,10-11,13,15H,6-7,9H2,1-3H3/t10-,11-,13-,15-/m1/s1. The SMILES string of the molecule is C[C@@H]1CC[C@@H]2[C@@H](C1)O[C@@H](C(=O)c1ccco1)SC2(C)C. The maximum Gasteiger partial charge on any atom is 0.236 e. The number of hydrogen-bond acceptors (Lipinski definition) is 4. The lowest BCUT2D eigenvalue weighted by Gasteiger charge is -2.49. The maximum absolute atomic E-state index is 12.5. The molecule has 0 spiro atoms. The minimum Gasteiger partial charge on any atom is -0.461 e. The van der Waals surface area contributed by atoms with Gasteiger partial charge < -0.3 is 9.15 Å². The first-order chi connectivity index (χ1) is 9.47. The van der Waals surface area contributed by atoms with Crippen LogP contribution in [0.5, 0.6) is 0 Å². The quantitative estimate of drug-likeness (QED) is 0.769. The summed E-state index contributed by atoms with van der Waals surface area (Å²) >= 11 is 1.65. The third-order valence-electron chi connectivity index (χ3n) is 4.63. The average Bonchev–Trinajstić information content (AvgIpc) is 2.90. The first kappa shape index (κ1) is 14.2. The predicted octanol–water partition coefficient (Wildman–Crippen LogP) is 4.14. The number of Topliss-reactive ketones (excluding diaryl/α,β-unsaturated/α-hetero) is 1. The number of hydrogen-bond donors (Lipinski definition) is 0. The maximum atomic E-state index is 12.5. The molecule has 3 rings (SSSR count). The zero-order valence-electron chi connectivity index (χ0n) is 12.3. The summed E-state index contributed by atoms with van der Waals surface area (Å²) in [6.07, 6.45) is 5.28. The first-order valence-electron chi connectivity index (χ1n) is 7.38. The van der Waals surface area contributed by atoms with Gasteiger partial charge in [-0.1, -0.05) is 27.2 Å². The van der Waals surface area contributed by atoms with Gasteiger partial charge in [-0.05, 0) is 36.8 Å². The van der Waals surface area contributed by atoms with Gasteiger partial charge in [0, 0.05) is 4.75 Å².